The van der Waals surface area contributed by atoms with E-state index in [0.29, 0.717) is 6.42 Å². The molecule has 182 valence electrons. The Balaban J connectivity index is 1.87. The first-order valence-electron chi connectivity index (χ1n) is 13.3. The molecular formula is C29H49NO2. The highest BCUT2D eigenvalue weighted by atomic mass is 16.5. The van der Waals surface area contributed by atoms with Gasteiger partial charge < -0.3 is 4.74 Å². The Morgan fingerprint density at radius 2 is 1.41 bits per heavy atom. The molecule has 1 aliphatic heterocycles. The van der Waals surface area contributed by atoms with Gasteiger partial charge in [-0.15, -0.1) is 0 Å². The van der Waals surface area contributed by atoms with Gasteiger partial charge in [-0.25, -0.2) is 0 Å². The Kier molecular flexibility index (Phi) is 11.2. The van der Waals surface area contributed by atoms with Gasteiger partial charge in [0.25, 0.3) is 0 Å². The smallest absolute Gasteiger partial charge is 0.306 e. The van der Waals surface area contributed by atoms with Gasteiger partial charge >= 0.3 is 5.97 Å². The van der Waals surface area contributed by atoms with Crippen LogP contribution in [0, 0.1) is 0 Å². The van der Waals surface area contributed by atoms with Crippen molar-refractivity contribution in [2.45, 2.75) is 135 Å². The Hall–Kier alpha value is -1.35. The molecule has 1 atom stereocenters. The number of hydrogen-bond acceptors (Lipinski definition) is 3. The fraction of sp³-hybridized carbons (Fsp3) is 0.759. The second-order valence-electron chi connectivity index (χ2n) is 11.1. The van der Waals surface area contributed by atoms with Crippen molar-refractivity contribution in [2.75, 3.05) is 6.54 Å². The number of rotatable bonds is 14. The summed E-state index contributed by atoms with van der Waals surface area (Å²) < 4.78 is 6.12. The lowest BCUT2D eigenvalue weighted by molar-refractivity contribution is -0.154. The molecule has 1 aromatic carbocycles. The van der Waals surface area contributed by atoms with E-state index in [-0.39, 0.29) is 23.2 Å². The number of benzene rings is 1. The van der Waals surface area contributed by atoms with Crippen molar-refractivity contribution in [3.8, 4) is 0 Å². The maximum absolute atomic E-state index is 12.8. The molecule has 0 N–H and O–H groups in total. The largest absolute Gasteiger partial charge is 0.456 e. The minimum Gasteiger partial charge on any atom is -0.456 e. The molecule has 1 unspecified atom stereocenters. The van der Waals surface area contributed by atoms with E-state index in [4.69, 9.17) is 4.74 Å². The minimum atomic E-state index is -0.209. The van der Waals surface area contributed by atoms with E-state index >= 15 is 0 Å². The number of nitrogens with zero attached hydrogens (tertiary/aromatic N) is 1. The van der Waals surface area contributed by atoms with E-state index < -0.39 is 0 Å². The van der Waals surface area contributed by atoms with Crippen LogP contribution in [0.2, 0.25) is 0 Å². The van der Waals surface area contributed by atoms with Gasteiger partial charge in [-0.3, -0.25) is 9.69 Å². The van der Waals surface area contributed by atoms with Crippen molar-refractivity contribution >= 4 is 5.97 Å². The third-order valence-corrected chi connectivity index (χ3v) is 7.32. The summed E-state index contributed by atoms with van der Waals surface area (Å²) in [5.41, 5.74) is 1.32. The van der Waals surface area contributed by atoms with Crippen LogP contribution in [-0.4, -0.2) is 28.5 Å². The molecule has 0 radical (unpaired) electrons. The number of carbonyl (C=O) groups excluding carboxylic acids is 1. The molecule has 3 nitrogen and oxygen atoms in total. The van der Waals surface area contributed by atoms with Crippen molar-refractivity contribution in [2.24, 2.45) is 0 Å². The molecule has 2 rings (SSSR count). The summed E-state index contributed by atoms with van der Waals surface area (Å²) in [6.07, 6.45) is 15.3. The van der Waals surface area contributed by atoms with Gasteiger partial charge in [-0.1, -0.05) is 88.6 Å². The predicted octanol–water partition coefficient (Wildman–Crippen LogP) is 8.23. The minimum absolute atomic E-state index is 0.0468. The Morgan fingerprint density at radius 3 is 1.97 bits per heavy atom. The van der Waals surface area contributed by atoms with Crippen LogP contribution in [0.4, 0.5) is 0 Å². The molecule has 0 spiro atoms. The molecule has 1 heterocycles. The summed E-state index contributed by atoms with van der Waals surface area (Å²) in [5, 5.41) is 0. The lowest BCUT2D eigenvalue weighted by Crippen LogP contribution is -2.59. The quantitative estimate of drug-likeness (QED) is 0.214. The average molecular weight is 444 g/mol. The maximum atomic E-state index is 12.8. The van der Waals surface area contributed by atoms with Crippen LogP contribution in [0.3, 0.4) is 0 Å². The van der Waals surface area contributed by atoms with Crippen molar-refractivity contribution in [3.05, 3.63) is 35.9 Å². The van der Waals surface area contributed by atoms with Crippen LogP contribution < -0.4 is 0 Å². The van der Waals surface area contributed by atoms with Gasteiger partial charge in [0.05, 0.1) is 0 Å². The third kappa shape index (κ3) is 8.89. The van der Waals surface area contributed by atoms with E-state index in [1.54, 1.807) is 0 Å². The van der Waals surface area contributed by atoms with E-state index in [0.717, 1.165) is 24.9 Å². The normalized spacial score (nSPS) is 18.9. The van der Waals surface area contributed by atoms with Crippen molar-refractivity contribution < 1.29 is 9.53 Å². The molecule has 0 aliphatic carbocycles. The van der Waals surface area contributed by atoms with E-state index in [9.17, 15) is 4.79 Å². The first-order chi connectivity index (χ1) is 15.3. The van der Waals surface area contributed by atoms with Crippen molar-refractivity contribution in [3.63, 3.8) is 0 Å². The highest BCUT2D eigenvalue weighted by Crippen LogP contribution is 2.40. The predicted molar refractivity (Wildman–Crippen MR) is 136 cm³/mol. The molecule has 0 saturated carbocycles. The number of hydrogen-bond donors (Lipinski definition) is 0. The molecule has 1 aromatic rings. The highest BCUT2D eigenvalue weighted by Gasteiger charge is 2.42. The molecular weight excluding hydrogens is 394 g/mol. The number of ether oxygens (including phenoxy) is 1. The Bertz CT molecular complexity index is 636. The zero-order valence-electron chi connectivity index (χ0n) is 21.6. The van der Waals surface area contributed by atoms with Gasteiger partial charge in [0, 0.05) is 24.0 Å². The lowest BCUT2D eigenvalue weighted by Gasteiger charge is -2.53. The summed E-state index contributed by atoms with van der Waals surface area (Å²) in [6.45, 7) is 12.4. The lowest BCUT2D eigenvalue weighted by atomic mass is 9.79. The van der Waals surface area contributed by atoms with Gasteiger partial charge in [0.1, 0.15) is 6.10 Å². The molecule has 0 bridgehead atoms. The molecule has 1 fully saturated rings. The van der Waals surface area contributed by atoms with Crippen molar-refractivity contribution in [1.29, 1.82) is 0 Å². The third-order valence-electron chi connectivity index (χ3n) is 7.32. The van der Waals surface area contributed by atoms with E-state index in [1.807, 2.05) is 18.2 Å². The average Bonchev–Trinajstić information content (AvgIpc) is 2.74. The molecule has 0 aromatic heterocycles. The van der Waals surface area contributed by atoms with Gasteiger partial charge in [-0.05, 0) is 58.9 Å². The number of likely N-dealkylation sites (tertiary alicyclic amines) is 1. The Morgan fingerprint density at radius 1 is 0.875 bits per heavy atom. The molecule has 0 amide bonds. The fourth-order valence-electron chi connectivity index (χ4n) is 5.38. The topological polar surface area (TPSA) is 29.5 Å². The number of carbonyl (C=O) groups is 1. The van der Waals surface area contributed by atoms with Gasteiger partial charge in [0.15, 0.2) is 0 Å². The van der Waals surface area contributed by atoms with Crippen molar-refractivity contribution in [1.82, 2.24) is 4.90 Å². The first kappa shape index (κ1) is 26.9. The summed E-state index contributed by atoms with van der Waals surface area (Å²) >= 11 is 0. The van der Waals surface area contributed by atoms with E-state index in [2.05, 4.69) is 51.7 Å². The first-order valence-corrected chi connectivity index (χ1v) is 13.3. The second kappa shape index (κ2) is 13.4. The fourth-order valence-corrected chi connectivity index (χ4v) is 5.38. The van der Waals surface area contributed by atoms with E-state index in [1.165, 1.54) is 64.2 Å². The molecule has 1 aliphatic rings. The van der Waals surface area contributed by atoms with Crippen LogP contribution >= 0.6 is 0 Å². The number of unbranched alkanes of at least 4 members (excludes halogenated alkanes) is 8. The molecule has 3 heteroatoms. The van der Waals surface area contributed by atoms with Crippen LogP contribution in [-0.2, 0) is 9.53 Å². The maximum Gasteiger partial charge on any atom is 0.306 e. The summed E-state index contributed by atoms with van der Waals surface area (Å²) in [6, 6.07) is 10.3. The molecule has 1 saturated heterocycles. The standard InChI is InChI=1S/C29H49NO2/c1-6-7-8-9-10-11-12-13-17-21-27(31)32-26(25-19-15-14-16-20-25)24-30-28(2,3)22-18-23-29(30,4)5/h14-16,19-20,26H,6-13,17-18,21-24H2,1-5H3. The summed E-state index contributed by atoms with van der Waals surface area (Å²) in [5.74, 6) is -0.0468. The molecule has 32 heavy (non-hydrogen) atoms. The summed E-state index contributed by atoms with van der Waals surface area (Å²) in [7, 11) is 0. The Labute approximate surface area is 198 Å². The zero-order valence-corrected chi connectivity index (χ0v) is 21.6. The zero-order chi connectivity index (χ0) is 23.5. The monoisotopic (exact) mass is 443 g/mol. The number of esters is 1. The van der Waals surface area contributed by atoms with Crippen LogP contribution in [0.5, 0.6) is 0 Å². The number of piperidine rings is 1. The second-order valence-corrected chi connectivity index (χ2v) is 11.1. The summed E-state index contributed by atoms with van der Waals surface area (Å²) in [4.78, 5) is 15.3. The highest BCUT2D eigenvalue weighted by molar-refractivity contribution is 5.69. The SMILES string of the molecule is CCCCCCCCCCCC(=O)OC(CN1C(C)(C)CCCC1(C)C)c1ccccc1. The van der Waals surface area contributed by atoms with Crippen LogP contribution in [0.15, 0.2) is 30.3 Å². The van der Waals surface area contributed by atoms with Crippen LogP contribution in [0.1, 0.15) is 130 Å². The van der Waals surface area contributed by atoms with Gasteiger partial charge in [0.2, 0.25) is 0 Å². The van der Waals surface area contributed by atoms with Gasteiger partial charge in [-0.2, -0.15) is 0 Å². The van der Waals surface area contributed by atoms with Crippen LogP contribution in [0.25, 0.3) is 0 Å².